The minimum absolute atomic E-state index is 0.0420. The van der Waals surface area contributed by atoms with E-state index in [1.807, 2.05) is 6.92 Å². The molecule has 21 heavy (non-hydrogen) atoms. The second-order valence-corrected chi connectivity index (χ2v) is 6.71. The lowest BCUT2D eigenvalue weighted by atomic mass is 10.3. The van der Waals surface area contributed by atoms with Crippen LogP contribution in [0.2, 0.25) is 0 Å². The zero-order chi connectivity index (χ0) is 15.5. The van der Waals surface area contributed by atoms with E-state index >= 15 is 0 Å². The number of aromatic nitrogens is 2. The maximum atomic E-state index is 13.2. The van der Waals surface area contributed by atoms with Crippen molar-refractivity contribution >= 4 is 31.6 Å². The fourth-order valence-corrected chi connectivity index (χ4v) is 3.37. The largest absolute Gasteiger partial charge is 0.313 e. The summed E-state index contributed by atoms with van der Waals surface area (Å²) in [5.74, 6) is -0.534. The molecule has 0 aliphatic rings. The SMILES string of the molecule is CCNCc1cn[nH]c1S(=O)(=O)Nc1cc(F)ccc1Br. The topological polar surface area (TPSA) is 86.9 Å². The van der Waals surface area contributed by atoms with Gasteiger partial charge in [-0.05, 0) is 40.7 Å². The van der Waals surface area contributed by atoms with Crippen molar-refractivity contribution in [2.75, 3.05) is 11.3 Å². The molecule has 2 rings (SSSR count). The summed E-state index contributed by atoms with van der Waals surface area (Å²) in [5, 5.41) is 9.20. The van der Waals surface area contributed by atoms with E-state index in [2.05, 4.69) is 36.2 Å². The molecule has 6 nitrogen and oxygen atoms in total. The van der Waals surface area contributed by atoms with E-state index < -0.39 is 15.8 Å². The number of benzene rings is 1. The Morgan fingerprint density at radius 2 is 2.19 bits per heavy atom. The van der Waals surface area contributed by atoms with Gasteiger partial charge in [0.2, 0.25) is 0 Å². The lowest BCUT2D eigenvalue weighted by Crippen LogP contribution is -2.18. The highest BCUT2D eigenvalue weighted by Crippen LogP contribution is 2.26. The summed E-state index contributed by atoms with van der Waals surface area (Å²) in [6.45, 7) is 2.98. The Balaban J connectivity index is 2.30. The third-order valence-electron chi connectivity index (χ3n) is 2.69. The van der Waals surface area contributed by atoms with E-state index in [1.165, 1.54) is 18.3 Å². The smallest absolute Gasteiger partial charge is 0.279 e. The van der Waals surface area contributed by atoms with Crippen LogP contribution < -0.4 is 10.0 Å². The lowest BCUT2D eigenvalue weighted by molar-refractivity contribution is 0.594. The zero-order valence-electron chi connectivity index (χ0n) is 11.2. The monoisotopic (exact) mass is 376 g/mol. The Bertz CT molecular complexity index is 733. The second kappa shape index (κ2) is 6.54. The first-order valence-corrected chi connectivity index (χ1v) is 8.42. The number of halogens is 2. The Morgan fingerprint density at radius 3 is 2.90 bits per heavy atom. The number of nitrogens with zero attached hydrogens (tertiary/aromatic N) is 1. The maximum absolute atomic E-state index is 13.2. The van der Waals surface area contributed by atoms with E-state index in [0.717, 1.165) is 6.07 Å². The van der Waals surface area contributed by atoms with Crippen molar-refractivity contribution in [1.29, 1.82) is 0 Å². The van der Waals surface area contributed by atoms with Crippen molar-refractivity contribution in [3.63, 3.8) is 0 Å². The summed E-state index contributed by atoms with van der Waals surface area (Å²) in [5.41, 5.74) is 0.635. The third-order valence-corrected chi connectivity index (χ3v) is 4.76. The summed E-state index contributed by atoms with van der Waals surface area (Å²) in [4.78, 5) is 0. The predicted octanol–water partition coefficient (Wildman–Crippen LogP) is 2.22. The first-order valence-electron chi connectivity index (χ1n) is 6.15. The number of hydrogen-bond donors (Lipinski definition) is 3. The number of anilines is 1. The van der Waals surface area contributed by atoms with Gasteiger partial charge in [0, 0.05) is 16.6 Å². The molecule has 1 heterocycles. The van der Waals surface area contributed by atoms with Crippen LogP contribution in [0.15, 0.2) is 33.9 Å². The molecule has 0 fully saturated rings. The number of hydrogen-bond acceptors (Lipinski definition) is 4. The van der Waals surface area contributed by atoms with Crippen molar-refractivity contribution in [1.82, 2.24) is 15.5 Å². The van der Waals surface area contributed by atoms with Crippen molar-refractivity contribution in [3.05, 3.63) is 40.2 Å². The predicted molar refractivity (Wildman–Crippen MR) is 80.9 cm³/mol. The molecule has 0 atom stereocenters. The molecule has 1 aromatic carbocycles. The molecule has 3 N–H and O–H groups in total. The quantitative estimate of drug-likeness (QED) is 0.721. The van der Waals surface area contributed by atoms with Crippen molar-refractivity contribution in [2.45, 2.75) is 18.5 Å². The molecule has 0 bridgehead atoms. The van der Waals surface area contributed by atoms with Gasteiger partial charge in [0.05, 0.1) is 11.9 Å². The van der Waals surface area contributed by atoms with Gasteiger partial charge in [0.1, 0.15) is 5.82 Å². The first-order chi connectivity index (χ1) is 9.94. The van der Waals surface area contributed by atoms with E-state index in [4.69, 9.17) is 0 Å². The van der Waals surface area contributed by atoms with E-state index in [0.29, 0.717) is 23.1 Å². The minimum atomic E-state index is -3.88. The fraction of sp³-hybridized carbons (Fsp3) is 0.250. The maximum Gasteiger partial charge on any atom is 0.279 e. The van der Waals surface area contributed by atoms with Crippen LogP contribution >= 0.6 is 15.9 Å². The molecule has 0 unspecified atom stereocenters. The number of nitrogens with one attached hydrogen (secondary N) is 3. The molecule has 0 aliphatic carbocycles. The van der Waals surface area contributed by atoms with Crippen molar-refractivity contribution < 1.29 is 12.8 Å². The van der Waals surface area contributed by atoms with E-state index in [9.17, 15) is 12.8 Å². The molecule has 0 saturated carbocycles. The van der Waals surface area contributed by atoms with E-state index in [1.54, 1.807) is 0 Å². The summed E-state index contributed by atoms with van der Waals surface area (Å²) in [6.07, 6.45) is 1.44. The van der Waals surface area contributed by atoms with E-state index in [-0.39, 0.29) is 10.7 Å². The zero-order valence-corrected chi connectivity index (χ0v) is 13.6. The third kappa shape index (κ3) is 3.80. The van der Waals surface area contributed by atoms with Crippen LogP contribution in [0.25, 0.3) is 0 Å². The lowest BCUT2D eigenvalue weighted by Gasteiger charge is -2.10. The molecule has 0 spiro atoms. The molecule has 0 amide bonds. The van der Waals surface area contributed by atoms with Crippen LogP contribution in [0.1, 0.15) is 12.5 Å². The molecular formula is C12H14BrFN4O2S. The van der Waals surface area contributed by atoms with Crippen LogP contribution in [-0.4, -0.2) is 25.2 Å². The molecule has 0 saturated heterocycles. The van der Waals surface area contributed by atoms with Gasteiger partial charge in [0.15, 0.2) is 5.03 Å². The molecule has 1 aromatic heterocycles. The van der Waals surface area contributed by atoms with Gasteiger partial charge in [-0.15, -0.1) is 0 Å². The highest BCUT2D eigenvalue weighted by molar-refractivity contribution is 9.10. The second-order valence-electron chi connectivity index (χ2n) is 4.23. The normalized spacial score (nSPS) is 11.6. The summed E-state index contributed by atoms with van der Waals surface area (Å²) in [6, 6.07) is 3.76. The Labute approximate surface area is 130 Å². The van der Waals surface area contributed by atoms with Gasteiger partial charge in [0.25, 0.3) is 10.0 Å². The van der Waals surface area contributed by atoms with Gasteiger partial charge in [-0.3, -0.25) is 9.82 Å². The van der Waals surface area contributed by atoms with Crippen molar-refractivity contribution in [3.8, 4) is 0 Å². The van der Waals surface area contributed by atoms with Crippen LogP contribution in [0.5, 0.6) is 0 Å². The summed E-state index contributed by atoms with van der Waals surface area (Å²) in [7, 11) is -3.88. The van der Waals surface area contributed by atoms with Crippen LogP contribution in [0.3, 0.4) is 0 Å². The van der Waals surface area contributed by atoms with Gasteiger partial charge in [-0.1, -0.05) is 6.92 Å². The summed E-state index contributed by atoms with van der Waals surface area (Å²) < 4.78 is 40.7. The molecule has 2 aromatic rings. The highest BCUT2D eigenvalue weighted by atomic mass is 79.9. The number of rotatable bonds is 6. The average molecular weight is 377 g/mol. The Hall–Kier alpha value is -1.45. The van der Waals surface area contributed by atoms with Crippen LogP contribution in [0, 0.1) is 5.82 Å². The van der Waals surface area contributed by atoms with Crippen LogP contribution in [0.4, 0.5) is 10.1 Å². The van der Waals surface area contributed by atoms with Gasteiger partial charge in [-0.25, -0.2) is 4.39 Å². The standard InChI is InChI=1S/C12H14BrFN4O2S/c1-2-15-6-8-7-16-17-12(8)21(19,20)18-11-5-9(14)3-4-10(11)13/h3-5,7,15,18H,2,6H2,1H3,(H,16,17). The molecule has 0 radical (unpaired) electrons. The fourth-order valence-electron chi connectivity index (χ4n) is 1.69. The average Bonchev–Trinajstić information content (AvgIpc) is 2.89. The Kier molecular flexibility index (Phi) is 4.96. The number of aromatic amines is 1. The minimum Gasteiger partial charge on any atom is -0.313 e. The van der Waals surface area contributed by atoms with Gasteiger partial charge >= 0.3 is 0 Å². The molecule has 9 heteroatoms. The van der Waals surface area contributed by atoms with Crippen molar-refractivity contribution in [2.24, 2.45) is 0 Å². The highest BCUT2D eigenvalue weighted by Gasteiger charge is 2.21. The number of sulfonamides is 1. The Morgan fingerprint density at radius 1 is 1.43 bits per heavy atom. The van der Waals surface area contributed by atoms with Gasteiger partial charge < -0.3 is 5.32 Å². The molecule has 0 aliphatic heterocycles. The molecule has 114 valence electrons. The van der Waals surface area contributed by atoms with Crippen LogP contribution in [-0.2, 0) is 16.6 Å². The molecular weight excluding hydrogens is 363 g/mol. The summed E-state index contributed by atoms with van der Waals surface area (Å²) >= 11 is 3.18. The van der Waals surface area contributed by atoms with Gasteiger partial charge in [-0.2, -0.15) is 13.5 Å². The number of H-pyrrole nitrogens is 1. The first kappa shape index (κ1) is 15.9.